The van der Waals surface area contributed by atoms with Crippen LogP contribution >= 0.6 is 0 Å². The first kappa shape index (κ1) is 12.2. The van der Waals surface area contributed by atoms with Crippen LogP contribution in [0.1, 0.15) is 18.5 Å². The molecule has 0 saturated carbocycles. The molecule has 0 aromatic carbocycles. The highest BCUT2D eigenvalue weighted by Crippen LogP contribution is 2.35. The second-order valence-corrected chi connectivity index (χ2v) is 4.13. The van der Waals surface area contributed by atoms with Gasteiger partial charge in [0.15, 0.2) is 0 Å². The van der Waals surface area contributed by atoms with Crippen molar-refractivity contribution in [1.82, 2.24) is 4.98 Å². The van der Waals surface area contributed by atoms with E-state index in [9.17, 15) is 13.2 Å². The van der Waals surface area contributed by atoms with Gasteiger partial charge in [0.05, 0.1) is 11.6 Å². The van der Waals surface area contributed by atoms with Crippen LogP contribution in [-0.2, 0) is 6.54 Å². The van der Waals surface area contributed by atoms with Crippen molar-refractivity contribution >= 4 is 6.01 Å². The van der Waals surface area contributed by atoms with Crippen molar-refractivity contribution in [2.24, 2.45) is 11.7 Å². The fraction of sp³-hybridized carbons (Fsp3) is 0.700. The molecule has 17 heavy (non-hydrogen) atoms. The lowest BCUT2D eigenvalue weighted by atomic mass is 9.97. The van der Waals surface area contributed by atoms with Crippen molar-refractivity contribution in [3.05, 3.63) is 12.0 Å². The summed E-state index contributed by atoms with van der Waals surface area (Å²) in [4.78, 5) is 5.82. The number of halogens is 3. The summed E-state index contributed by atoms with van der Waals surface area (Å²) < 4.78 is 42.5. The normalized spacial score (nSPS) is 18.7. The zero-order chi connectivity index (χ0) is 12.5. The standard InChI is InChI=1S/C10H14F3N3O/c11-10(12,13)7-1-3-16(4-2-7)9-15-8(5-14)6-17-9/h6-7H,1-5,14H2. The number of anilines is 1. The largest absolute Gasteiger partial charge is 0.432 e. The number of hydrogen-bond donors (Lipinski definition) is 1. The molecule has 7 heteroatoms. The number of nitrogens with two attached hydrogens (primary N) is 1. The van der Waals surface area contributed by atoms with E-state index in [4.69, 9.17) is 10.2 Å². The summed E-state index contributed by atoms with van der Waals surface area (Å²) >= 11 is 0. The minimum Gasteiger partial charge on any atom is -0.432 e. The predicted octanol–water partition coefficient (Wildman–Crippen LogP) is 1.91. The third-order valence-electron chi connectivity index (χ3n) is 2.98. The highest BCUT2D eigenvalue weighted by atomic mass is 19.4. The van der Waals surface area contributed by atoms with Gasteiger partial charge in [0.1, 0.15) is 6.26 Å². The van der Waals surface area contributed by atoms with Gasteiger partial charge < -0.3 is 15.1 Å². The minimum atomic E-state index is -4.09. The molecule has 0 bridgehead atoms. The molecular formula is C10H14F3N3O. The van der Waals surface area contributed by atoms with Gasteiger partial charge in [-0.05, 0) is 12.8 Å². The molecule has 0 amide bonds. The van der Waals surface area contributed by atoms with Crippen molar-refractivity contribution in [1.29, 1.82) is 0 Å². The molecular weight excluding hydrogens is 235 g/mol. The van der Waals surface area contributed by atoms with Crippen molar-refractivity contribution in [2.45, 2.75) is 25.6 Å². The molecule has 0 atom stereocenters. The van der Waals surface area contributed by atoms with E-state index < -0.39 is 12.1 Å². The Morgan fingerprint density at radius 1 is 1.41 bits per heavy atom. The van der Waals surface area contributed by atoms with Crippen LogP contribution in [0.4, 0.5) is 19.2 Å². The lowest BCUT2D eigenvalue weighted by Gasteiger charge is -2.31. The lowest BCUT2D eigenvalue weighted by Crippen LogP contribution is -2.39. The van der Waals surface area contributed by atoms with E-state index in [0.717, 1.165) is 0 Å². The average Bonchev–Trinajstić information content (AvgIpc) is 2.76. The highest BCUT2D eigenvalue weighted by Gasteiger charge is 2.41. The van der Waals surface area contributed by atoms with Gasteiger partial charge in [0.2, 0.25) is 0 Å². The third kappa shape index (κ3) is 2.71. The SMILES string of the molecule is NCc1coc(N2CCC(C(F)(F)F)CC2)n1. The molecule has 0 unspecified atom stereocenters. The second kappa shape index (κ2) is 4.56. The maximum atomic E-state index is 12.5. The molecule has 1 aliphatic rings. The predicted molar refractivity (Wildman–Crippen MR) is 55.4 cm³/mol. The summed E-state index contributed by atoms with van der Waals surface area (Å²) in [5.74, 6) is -1.21. The molecule has 1 fully saturated rings. The monoisotopic (exact) mass is 249 g/mol. The fourth-order valence-corrected chi connectivity index (χ4v) is 1.93. The molecule has 96 valence electrons. The maximum Gasteiger partial charge on any atom is 0.391 e. The quantitative estimate of drug-likeness (QED) is 0.869. The zero-order valence-corrected chi connectivity index (χ0v) is 9.20. The number of oxazole rings is 1. The molecule has 1 aliphatic heterocycles. The van der Waals surface area contributed by atoms with E-state index in [1.165, 1.54) is 6.26 Å². The van der Waals surface area contributed by atoms with Crippen LogP contribution in [0.15, 0.2) is 10.7 Å². The van der Waals surface area contributed by atoms with Gasteiger partial charge in [-0.2, -0.15) is 18.2 Å². The molecule has 0 aliphatic carbocycles. The Hall–Kier alpha value is -1.24. The van der Waals surface area contributed by atoms with Gasteiger partial charge in [-0.3, -0.25) is 0 Å². The number of nitrogens with zero attached hydrogens (tertiary/aromatic N) is 2. The van der Waals surface area contributed by atoms with Crippen LogP contribution in [0.5, 0.6) is 0 Å². The van der Waals surface area contributed by atoms with E-state index in [2.05, 4.69) is 4.98 Å². The summed E-state index contributed by atoms with van der Waals surface area (Å²) in [5, 5.41) is 0. The summed E-state index contributed by atoms with van der Waals surface area (Å²) in [6, 6.07) is 0.367. The van der Waals surface area contributed by atoms with E-state index in [-0.39, 0.29) is 19.4 Å². The minimum absolute atomic E-state index is 0.0871. The van der Waals surface area contributed by atoms with Crippen LogP contribution in [0.2, 0.25) is 0 Å². The second-order valence-electron chi connectivity index (χ2n) is 4.13. The fourth-order valence-electron chi connectivity index (χ4n) is 1.93. The van der Waals surface area contributed by atoms with Crippen molar-refractivity contribution in [3.8, 4) is 0 Å². The van der Waals surface area contributed by atoms with Gasteiger partial charge in [-0.15, -0.1) is 0 Å². The number of hydrogen-bond acceptors (Lipinski definition) is 4. The zero-order valence-electron chi connectivity index (χ0n) is 9.20. The Balaban J connectivity index is 1.95. The summed E-state index contributed by atoms with van der Waals surface area (Å²) in [7, 11) is 0. The molecule has 1 aromatic heterocycles. The summed E-state index contributed by atoms with van der Waals surface area (Å²) in [6.45, 7) is 0.895. The highest BCUT2D eigenvalue weighted by molar-refractivity contribution is 5.27. The first-order chi connectivity index (χ1) is 8.00. The molecule has 2 N–H and O–H groups in total. The van der Waals surface area contributed by atoms with E-state index in [1.807, 2.05) is 0 Å². The summed E-state index contributed by atoms with van der Waals surface area (Å²) in [6.07, 6.45) is -2.48. The molecule has 0 spiro atoms. The van der Waals surface area contributed by atoms with Gasteiger partial charge in [0, 0.05) is 19.6 Å². The first-order valence-corrected chi connectivity index (χ1v) is 5.47. The Morgan fingerprint density at radius 2 is 2.06 bits per heavy atom. The topological polar surface area (TPSA) is 55.3 Å². The van der Waals surface area contributed by atoms with Crippen LogP contribution in [0.25, 0.3) is 0 Å². The van der Waals surface area contributed by atoms with E-state index in [0.29, 0.717) is 24.8 Å². The van der Waals surface area contributed by atoms with Crippen LogP contribution in [-0.4, -0.2) is 24.2 Å². The first-order valence-electron chi connectivity index (χ1n) is 5.47. The molecule has 0 radical (unpaired) electrons. The van der Waals surface area contributed by atoms with Gasteiger partial charge >= 0.3 is 6.18 Å². The number of alkyl halides is 3. The lowest BCUT2D eigenvalue weighted by molar-refractivity contribution is -0.179. The Bertz CT molecular complexity index is 369. The van der Waals surface area contributed by atoms with Crippen molar-refractivity contribution in [2.75, 3.05) is 18.0 Å². The summed E-state index contributed by atoms with van der Waals surface area (Å²) in [5.41, 5.74) is 5.99. The molecule has 1 saturated heterocycles. The Labute approximate surface area is 96.6 Å². The smallest absolute Gasteiger partial charge is 0.391 e. The maximum absolute atomic E-state index is 12.5. The van der Waals surface area contributed by atoms with Gasteiger partial charge in [0.25, 0.3) is 6.01 Å². The Kier molecular flexibility index (Phi) is 3.28. The molecule has 2 rings (SSSR count). The van der Waals surface area contributed by atoms with Crippen molar-refractivity contribution in [3.63, 3.8) is 0 Å². The van der Waals surface area contributed by atoms with E-state index >= 15 is 0 Å². The average molecular weight is 249 g/mol. The Morgan fingerprint density at radius 3 is 2.53 bits per heavy atom. The number of aromatic nitrogens is 1. The van der Waals surface area contributed by atoms with Gasteiger partial charge in [-0.1, -0.05) is 0 Å². The van der Waals surface area contributed by atoms with Crippen LogP contribution in [0.3, 0.4) is 0 Å². The number of piperidine rings is 1. The molecule has 1 aromatic rings. The third-order valence-corrected chi connectivity index (χ3v) is 2.98. The molecule has 4 nitrogen and oxygen atoms in total. The van der Waals surface area contributed by atoms with E-state index in [1.54, 1.807) is 4.90 Å². The van der Waals surface area contributed by atoms with Crippen molar-refractivity contribution < 1.29 is 17.6 Å². The van der Waals surface area contributed by atoms with Crippen LogP contribution < -0.4 is 10.6 Å². The molecule has 2 heterocycles. The number of rotatable bonds is 2. The van der Waals surface area contributed by atoms with Crippen LogP contribution in [0, 0.1) is 5.92 Å². The van der Waals surface area contributed by atoms with Gasteiger partial charge in [-0.25, -0.2) is 0 Å².